The van der Waals surface area contributed by atoms with Gasteiger partial charge in [0.05, 0.1) is 5.70 Å². The van der Waals surface area contributed by atoms with Gasteiger partial charge in [0.2, 0.25) is 0 Å². The Labute approximate surface area is 54.9 Å². The molecule has 0 aromatic carbocycles. The molecular formula is C7H11NO. The Morgan fingerprint density at radius 3 is 3.00 bits per heavy atom. The molecule has 0 bridgehead atoms. The molecule has 0 atom stereocenters. The van der Waals surface area contributed by atoms with Crippen LogP contribution in [0.1, 0.15) is 25.7 Å². The van der Waals surface area contributed by atoms with Gasteiger partial charge in [-0.1, -0.05) is 0 Å². The van der Waals surface area contributed by atoms with Crippen molar-refractivity contribution in [1.29, 1.82) is 0 Å². The van der Waals surface area contributed by atoms with Crippen LogP contribution < -0.4 is 5.32 Å². The minimum atomic E-state index is 0.713. The second-order valence-corrected chi connectivity index (χ2v) is 2.57. The van der Waals surface area contributed by atoms with E-state index >= 15 is 0 Å². The number of hydrogen-bond donors (Lipinski definition) is 1. The number of hydrogen-bond acceptors (Lipinski definition) is 2. The minimum Gasteiger partial charge on any atom is -0.476 e. The Bertz CT molecular complexity index is 135. The zero-order valence-electron chi connectivity index (χ0n) is 5.44. The molecule has 0 saturated carbocycles. The van der Waals surface area contributed by atoms with E-state index in [0.29, 0.717) is 6.73 Å². The van der Waals surface area contributed by atoms with Gasteiger partial charge >= 0.3 is 0 Å². The monoisotopic (exact) mass is 125 g/mol. The summed E-state index contributed by atoms with van der Waals surface area (Å²) >= 11 is 0. The van der Waals surface area contributed by atoms with E-state index in [0.717, 1.165) is 6.42 Å². The first-order chi connectivity index (χ1) is 4.47. The average molecular weight is 125 g/mol. The molecule has 1 aliphatic heterocycles. The van der Waals surface area contributed by atoms with Crippen LogP contribution in [0.2, 0.25) is 0 Å². The molecule has 0 radical (unpaired) electrons. The summed E-state index contributed by atoms with van der Waals surface area (Å²) in [4.78, 5) is 0. The first-order valence-electron chi connectivity index (χ1n) is 3.55. The molecule has 1 aliphatic carbocycles. The lowest BCUT2D eigenvalue weighted by Gasteiger charge is -2.09. The van der Waals surface area contributed by atoms with Gasteiger partial charge in [-0.05, 0) is 19.3 Å². The predicted molar refractivity (Wildman–Crippen MR) is 34.6 cm³/mol. The summed E-state index contributed by atoms with van der Waals surface area (Å²) < 4.78 is 5.33. The van der Waals surface area contributed by atoms with E-state index in [2.05, 4.69) is 5.32 Å². The average Bonchev–Trinajstić information content (AvgIpc) is 2.33. The van der Waals surface area contributed by atoms with E-state index < -0.39 is 0 Å². The fraction of sp³-hybridized carbons (Fsp3) is 0.714. The summed E-state index contributed by atoms with van der Waals surface area (Å²) in [5.74, 6) is 1.22. The van der Waals surface area contributed by atoms with Crippen LogP contribution in [-0.2, 0) is 4.74 Å². The van der Waals surface area contributed by atoms with Crippen LogP contribution in [0.5, 0.6) is 0 Å². The highest BCUT2D eigenvalue weighted by molar-refractivity contribution is 5.12. The van der Waals surface area contributed by atoms with Crippen molar-refractivity contribution in [3.63, 3.8) is 0 Å². The van der Waals surface area contributed by atoms with E-state index in [1.165, 1.54) is 30.7 Å². The first kappa shape index (κ1) is 5.15. The Morgan fingerprint density at radius 2 is 2.11 bits per heavy atom. The molecule has 0 aromatic heterocycles. The summed E-state index contributed by atoms with van der Waals surface area (Å²) in [6, 6.07) is 0. The SMILES string of the molecule is C1CCC2=C(C1)NCO2. The van der Waals surface area contributed by atoms with Gasteiger partial charge in [0.1, 0.15) is 5.76 Å². The third-order valence-electron chi connectivity index (χ3n) is 1.95. The first-order valence-corrected chi connectivity index (χ1v) is 3.55. The Hall–Kier alpha value is -0.660. The van der Waals surface area contributed by atoms with E-state index in [1.807, 2.05) is 0 Å². The van der Waals surface area contributed by atoms with Crippen molar-refractivity contribution >= 4 is 0 Å². The molecule has 0 aromatic rings. The predicted octanol–water partition coefficient (Wildman–Crippen LogP) is 1.35. The molecule has 50 valence electrons. The van der Waals surface area contributed by atoms with Crippen molar-refractivity contribution in [3.8, 4) is 0 Å². The maximum absolute atomic E-state index is 5.33. The lowest BCUT2D eigenvalue weighted by molar-refractivity contribution is 0.221. The third kappa shape index (κ3) is 0.784. The summed E-state index contributed by atoms with van der Waals surface area (Å²) in [5, 5.41) is 3.22. The molecule has 9 heavy (non-hydrogen) atoms. The van der Waals surface area contributed by atoms with Crippen molar-refractivity contribution in [3.05, 3.63) is 11.5 Å². The Balaban J connectivity index is 2.17. The van der Waals surface area contributed by atoms with E-state index in [4.69, 9.17) is 4.74 Å². The smallest absolute Gasteiger partial charge is 0.158 e. The number of rotatable bonds is 0. The van der Waals surface area contributed by atoms with Crippen LogP contribution in [0.4, 0.5) is 0 Å². The molecule has 0 unspecified atom stereocenters. The van der Waals surface area contributed by atoms with Crippen LogP contribution >= 0.6 is 0 Å². The van der Waals surface area contributed by atoms with E-state index in [9.17, 15) is 0 Å². The molecule has 2 rings (SSSR count). The maximum Gasteiger partial charge on any atom is 0.158 e. The van der Waals surface area contributed by atoms with Crippen molar-refractivity contribution in [2.45, 2.75) is 25.7 Å². The van der Waals surface area contributed by atoms with Crippen molar-refractivity contribution in [2.24, 2.45) is 0 Å². The quantitative estimate of drug-likeness (QED) is 0.527. The number of allylic oxidation sites excluding steroid dienone is 2. The number of ether oxygens (including phenoxy) is 1. The number of nitrogens with one attached hydrogen (secondary N) is 1. The van der Waals surface area contributed by atoms with E-state index in [-0.39, 0.29) is 0 Å². The highest BCUT2D eigenvalue weighted by Gasteiger charge is 2.17. The highest BCUT2D eigenvalue weighted by atomic mass is 16.5. The molecule has 2 heteroatoms. The van der Waals surface area contributed by atoms with Crippen molar-refractivity contribution < 1.29 is 4.74 Å². The molecular weight excluding hydrogens is 114 g/mol. The lowest BCUT2D eigenvalue weighted by atomic mass is 10.0. The molecule has 0 fully saturated rings. The van der Waals surface area contributed by atoms with Gasteiger partial charge in [-0.25, -0.2) is 0 Å². The van der Waals surface area contributed by atoms with Gasteiger partial charge in [0.15, 0.2) is 6.73 Å². The Morgan fingerprint density at radius 1 is 1.22 bits per heavy atom. The van der Waals surface area contributed by atoms with Crippen LogP contribution in [0.15, 0.2) is 11.5 Å². The fourth-order valence-corrected chi connectivity index (χ4v) is 1.43. The molecule has 0 spiro atoms. The molecule has 0 saturated heterocycles. The van der Waals surface area contributed by atoms with Crippen LogP contribution in [0.3, 0.4) is 0 Å². The molecule has 1 N–H and O–H groups in total. The molecule has 2 aliphatic rings. The highest BCUT2D eigenvalue weighted by Crippen LogP contribution is 2.26. The summed E-state index contributed by atoms with van der Waals surface area (Å²) in [6.07, 6.45) is 4.99. The van der Waals surface area contributed by atoms with Gasteiger partial charge < -0.3 is 10.1 Å². The summed E-state index contributed by atoms with van der Waals surface area (Å²) in [7, 11) is 0. The van der Waals surface area contributed by atoms with Crippen molar-refractivity contribution in [2.75, 3.05) is 6.73 Å². The maximum atomic E-state index is 5.33. The zero-order valence-corrected chi connectivity index (χ0v) is 5.44. The fourth-order valence-electron chi connectivity index (χ4n) is 1.43. The van der Waals surface area contributed by atoms with Gasteiger partial charge in [0, 0.05) is 6.42 Å². The summed E-state index contributed by atoms with van der Waals surface area (Å²) in [6.45, 7) is 0.713. The van der Waals surface area contributed by atoms with Crippen molar-refractivity contribution in [1.82, 2.24) is 5.32 Å². The van der Waals surface area contributed by atoms with Gasteiger partial charge in [-0.15, -0.1) is 0 Å². The van der Waals surface area contributed by atoms with E-state index in [1.54, 1.807) is 0 Å². The summed E-state index contributed by atoms with van der Waals surface area (Å²) in [5.41, 5.74) is 1.36. The van der Waals surface area contributed by atoms with Gasteiger partial charge in [-0.2, -0.15) is 0 Å². The van der Waals surface area contributed by atoms with Gasteiger partial charge in [0.25, 0.3) is 0 Å². The van der Waals surface area contributed by atoms with Crippen LogP contribution in [-0.4, -0.2) is 6.73 Å². The van der Waals surface area contributed by atoms with Gasteiger partial charge in [-0.3, -0.25) is 0 Å². The Kier molecular flexibility index (Phi) is 1.11. The normalized spacial score (nSPS) is 24.9. The molecule has 1 heterocycles. The standard InChI is InChI=1S/C7H11NO/c1-2-4-7-6(3-1)8-5-9-7/h8H,1-5H2. The molecule has 0 amide bonds. The molecule has 2 nitrogen and oxygen atoms in total. The second kappa shape index (κ2) is 1.94. The second-order valence-electron chi connectivity index (χ2n) is 2.57. The largest absolute Gasteiger partial charge is 0.476 e. The minimum absolute atomic E-state index is 0.713. The third-order valence-corrected chi connectivity index (χ3v) is 1.95. The zero-order chi connectivity index (χ0) is 6.10. The topological polar surface area (TPSA) is 21.3 Å². The van der Waals surface area contributed by atoms with Crippen LogP contribution in [0.25, 0.3) is 0 Å². The lowest BCUT2D eigenvalue weighted by Crippen LogP contribution is -2.08. The van der Waals surface area contributed by atoms with Crippen LogP contribution in [0, 0.1) is 0 Å².